The number of ether oxygens (including phenoxy) is 1. The number of halogens is 2. The van der Waals surface area contributed by atoms with E-state index in [1.807, 2.05) is 0 Å². The third-order valence-electron chi connectivity index (χ3n) is 3.10. The minimum Gasteiger partial charge on any atom is -0.497 e. The van der Waals surface area contributed by atoms with Crippen molar-refractivity contribution in [2.75, 3.05) is 18.0 Å². The number of anilines is 1. The van der Waals surface area contributed by atoms with E-state index >= 15 is 0 Å². The highest BCUT2D eigenvalue weighted by Crippen LogP contribution is 2.29. The van der Waals surface area contributed by atoms with Gasteiger partial charge in [0.05, 0.1) is 17.7 Å². The summed E-state index contributed by atoms with van der Waals surface area (Å²) in [5.41, 5.74) is -0.351. The maximum absolute atomic E-state index is 14.2. The number of aliphatic carboxylic acids is 1. The highest BCUT2D eigenvalue weighted by molar-refractivity contribution is 9.10. The molecule has 1 N–H and O–H groups in total. The van der Waals surface area contributed by atoms with E-state index in [2.05, 4.69) is 15.9 Å². The fraction of sp³-hybridized carbons (Fsp3) is 0.133. The largest absolute Gasteiger partial charge is 0.497 e. The van der Waals surface area contributed by atoms with Crippen molar-refractivity contribution in [3.05, 3.63) is 52.8 Å². The number of nitrogens with zero attached hydrogens (tertiary/aromatic N) is 1. The number of methoxy groups -OCH3 is 1. The lowest BCUT2D eigenvalue weighted by atomic mass is 10.3. The summed E-state index contributed by atoms with van der Waals surface area (Å²) in [6.07, 6.45) is 0. The SMILES string of the molecule is COc1ccc(S(=O)(=O)N(CC(=O)O)c2ccc(Br)cc2F)cc1. The average molecular weight is 418 g/mol. The van der Waals surface area contributed by atoms with Crippen molar-refractivity contribution >= 4 is 37.6 Å². The van der Waals surface area contributed by atoms with Gasteiger partial charge in [-0.25, -0.2) is 12.8 Å². The van der Waals surface area contributed by atoms with Gasteiger partial charge in [-0.3, -0.25) is 9.10 Å². The zero-order chi connectivity index (χ0) is 17.9. The molecule has 0 saturated heterocycles. The summed E-state index contributed by atoms with van der Waals surface area (Å²) >= 11 is 3.07. The molecule has 0 saturated carbocycles. The quantitative estimate of drug-likeness (QED) is 0.780. The topological polar surface area (TPSA) is 83.9 Å². The molecule has 0 unspecified atom stereocenters. The van der Waals surface area contributed by atoms with E-state index in [1.54, 1.807) is 0 Å². The van der Waals surface area contributed by atoms with Gasteiger partial charge in [0.2, 0.25) is 0 Å². The van der Waals surface area contributed by atoms with Crippen LogP contribution in [0.1, 0.15) is 0 Å². The Kier molecular flexibility index (Phi) is 5.45. The van der Waals surface area contributed by atoms with Gasteiger partial charge in [0.15, 0.2) is 0 Å². The van der Waals surface area contributed by atoms with E-state index in [9.17, 15) is 17.6 Å². The van der Waals surface area contributed by atoms with Gasteiger partial charge < -0.3 is 9.84 Å². The minimum atomic E-state index is -4.27. The third-order valence-corrected chi connectivity index (χ3v) is 5.37. The van der Waals surface area contributed by atoms with E-state index in [1.165, 1.54) is 43.5 Å². The number of hydrogen-bond donors (Lipinski definition) is 1. The van der Waals surface area contributed by atoms with Crippen LogP contribution < -0.4 is 9.04 Å². The van der Waals surface area contributed by atoms with Crippen molar-refractivity contribution in [3.8, 4) is 5.75 Å². The van der Waals surface area contributed by atoms with Crippen LogP contribution in [0.25, 0.3) is 0 Å². The molecule has 0 bridgehead atoms. The molecular formula is C15H13BrFNO5S. The molecule has 0 aliphatic heterocycles. The number of hydrogen-bond acceptors (Lipinski definition) is 4. The lowest BCUT2D eigenvalue weighted by Crippen LogP contribution is -2.36. The highest BCUT2D eigenvalue weighted by atomic mass is 79.9. The summed E-state index contributed by atoms with van der Waals surface area (Å²) < 4.78 is 45.5. The first-order chi connectivity index (χ1) is 11.3. The molecule has 0 aromatic heterocycles. The molecule has 0 aliphatic rings. The minimum absolute atomic E-state index is 0.174. The molecule has 0 heterocycles. The Morgan fingerprint density at radius 1 is 1.25 bits per heavy atom. The van der Waals surface area contributed by atoms with Gasteiger partial charge in [-0.1, -0.05) is 15.9 Å². The van der Waals surface area contributed by atoms with Crippen LogP contribution in [0.2, 0.25) is 0 Å². The Morgan fingerprint density at radius 2 is 1.88 bits per heavy atom. The summed E-state index contributed by atoms with van der Waals surface area (Å²) in [6, 6.07) is 9.06. The molecule has 2 rings (SSSR count). The molecular weight excluding hydrogens is 405 g/mol. The lowest BCUT2D eigenvalue weighted by Gasteiger charge is -2.23. The second-order valence-corrected chi connectivity index (χ2v) is 7.45. The van der Waals surface area contributed by atoms with Crippen molar-refractivity contribution in [3.63, 3.8) is 0 Å². The van der Waals surface area contributed by atoms with Crippen LogP contribution >= 0.6 is 15.9 Å². The van der Waals surface area contributed by atoms with Gasteiger partial charge in [-0.2, -0.15) is 0 Å². The van der Waals surface area contributed by atoms with E-state index in [0.717, 1.165) is 6.07 Å². The second-order valence-electron chi connectivity index (χ2n) is 4.68. The fourth-order valence-corrected chi connectivity index (χ4v) is 3.74. The number of sulfonamides is 1. The molecule has 0 aliphatic carbocycles. The number of carbonyl (C=O) groups is 1. The molecule has 128 valence electrons. The first-order valence-corrected chi connectivity index (χ1v) is 8.82. The number of carboxylic acids is 1. The molecule has 2 aromatic carbocycles. The molecule has 6 nitrogen and oxygen atoms in total. The Balaban J connectivity index is 2.54. The standard InChI is InChI=1S/C15H13BrFNO5S/c1-23-11-3-5-12(6-4-11)24(21,22)18(9-15(19)20)14-7-2-10(16)8-13(14)17/h2-8H,9H2,1H3,(H,19,20). The van der Waals surface area contributed by atoms with Crippen LogP contribution in [0, 0.1) is 5.82 Å². The zero-order valence-corrected chi connectivity index (χ0v) is 14.8. The first-order valence-electron chi connectivity index (χ1n) is 6.59. The monoisotopic (exact) mass is 417 g/mol. The van der Waals surface area contributed by atoms with Gasteiger partial charge in [0.1, 0.15) is 18.1 Å². The predicted molar refractivity (Wildman–Crippen MR) is 89.3 cm³/mol. The van der Waals surface area contributed by atoms with Gasteiger partial charge in [-0.15, -0.1) is 0 Å². The van der Waals surface area contributed by atoms with E-state index in [0.29, 0.717) is 14.5 Å². The van der Waals surface area contributed by atoms with Crippen LogP contribution in [0.3, 0.4) is 0 Å². The molecule has 0 amide bonds. The molecule has 0 spiro atoms. The lowest BCUT2D eigenvalue weighted by molar-refractivity contribution is -0.135. The number of rotatable bonds is 6. The maximum Gasteiger partial charge on any atom is 0.324 e. The van der Waals surface area contributed by atoms with Gasteiger partial charge in [-0.05, 0) is 42.5 Å². The fourth-order valence-electron chi connectivity index (χ4n) is 1.98. The molecule has 9 heteroatoms. The normalized spacial score (nSPS) is 11.1. The van der Waals surface area contributed by atoms with E-state index in [4.69, 9.17) is 9.84 Å². The van der Waals surface area contributed by atoms with Crippen LogP contribution in [-0.4, -0.2) is 33.1 Å². The summed E-state index contributed by atoms with van der Waals surface area (Å²) in [5.74, 6) is -1.83. The zero-order valence-electron chi connectivity index (χ0n) is 12.4. The number of carboxylic acid groups (broad SMARTS) is 1. The molecule has 0 atom stereocenters. The van der Waals surface area contributed by atoms with Crippen LogP contribution in [0.5, 0.6) is 5.75 Å². The Hall–Kier alpha value is -2.13. The van der Waals surface area contributed by atoms with Gasteiger partial charge >= 0.3 is 5.97 Å². The predicted octanol–water partition coefficient (Wildman–Crippen LogP) is 2.88. The summed E-state index contributed by atoms with van der Waals surface area (Å²) in [5, 5.41) is 9.03. The van der Waals surface area contributed by atoms with E-state index in [-0.39, 0.29) is 10.6 Å². The number of benzene rings is 2. The smallest absolute Gasteiger partial charge is 0.324 e. The van der Waals surface area contributed by atoms with Crippen molar-refractivity contribution < 1.29 is 27.4 Å². The molecule has 0 fully saturated rings. The summed E-state index contributed by atoms with van der Waals surface area (Å²) in [7, 11) is -2.84. The maximum atomic E-state index is 14.2. The Bertz CT molecular complexity index is 855. The first kappa shape index (κ1) is 18.2. The third kappa shape index (κ3) is 3.85. The Morgan fingerprint density at radius 3 is 2.38 bits per heavy atom. The summed E-state index contributed by atoms with van der Waals surface area (Å²) in [4.78, 5) is 10.9. The van der Waals surface area contributed by atoms with E-state index < -0.39 is 28.4 Å². The molecule has 24 heavy (non-hydrogen) atoms. The molecule has 2 aromatic rings. The van der Waals surface area contributed by atoms with Crippen LogP contribution in [0.15, 0.2) is 51.8 Å². The van der Waals surface area contributed by atoms with Gasteiger partial charge in [0.25, 0.3) is 10.0 Å². The second kappa shape index (κ2) is 7.18. The molecule has 0 radical (unpaired) electrons. The van der Waals surface area contributed by atoms with Gasteiger partial charge in [0, 0.05) is 4.47 Å². The summed E-state index contributed by atoms with van der Waals surface area (Å²) in [6.45, 7) is -0.910. The Labute approximate surface area is 146 Å². The van der Waals surface area contributed by atoms with Crippen molar-refractivity contribution in [1.82, 2.24) is 0 Å². The van der Waals surface area contributed by atoms with Crippen LogP contribution in [-0.2, 0) is 14.8 Å². The van der Waals surface area contributed by atoms with Crippen molar-refractivity contribution in [2.45, 2.75) is 4.90 Å². The van der Waals surface area contributed by atoms with Crippen molar-refractivity contribution in [2.24, 2.45) is 0 Å². The van der Waals surface area contributed by atoms with Crippen LogP contribution in [0.4, 0.5) is 10.1 Å². The average Bonchev–Trinajstić information content (AvgIpc) is 2.53. The van der Waals surface area contributed by atoms with Crippen molar-refractivity contribution in [1.29, 1.82) is 0 Å². The highest BCUT2D eigenvalue weighted by Gasteiger charge is 2.29.